The van der Waals surface area contributed by atoms with Crippen molar-refractivity contribution in [3.05, 3.63) is 24.5 Å². The third-order valence-electron chi connectivity index (χ3n) is 2.48. The Labute approximate surface area is 81.8 Å². The van der Waals surface area contributed by atoms with E-state index < -0.39 is 0 Å². The minimum atomic E-state index is 0.440. The molecule has 0 atom stereocenters. The number of unbranched alkanes of at least 4 members (excludes halogenated alkanes) is 1. The van der Waals surface area contributed by atoms with Crippen molar-refractivity contribution in [2.24, 2.45) is 5.41 Å². The molecule has 0 spiro atoms. The maximum atomic E-state index is 2.35. The Morgan fingerprint density at radius 3 is 2.31 bits per heavy atom. The average Bonchev–Trinajstić information content (AvgIpc) is 2.52. The van der Waals surface area contributed by atoms with Crippen LogP contribution in [0, 0.1) is 5.41 Å². The van der Waals surface area contributed by atoms with Crippen molar-refractivity contribution in [2.75, 3.05) is 0 Å². The van der Waals surface area contributed by atoms with Gasteiger partial charge in [-0.15, -0.1) is 0 Å². The molecule has 0 N–H and O–H groups in total. The molecule has 0 saturated carbocycles. The molecule has 0 fully saturated rings. The van der Waals surface area contributed by atoms with Gasteiger partial charge in [0.2, 0.25) is 0 Å². The summed E-state index contributed by atoms with van der Waals surface area (Å²) in [6.07, 6.45) is 8.26. The maximum absolute atomic E-state index is 2.35. The molecular formula is C12H21N. The summed E-state index contributed by atoms with van der Waals surface area (Å²) in [5, 5.41) is 0. The molecule has 1 aromatic heterocycles. The monoisotopic (exact) mass is 179 g/mol. The Hall–Kier alpha value is -0.720. The van der Waals surface area contributed by atoms with Gasteiger partial charge in [0.15, 0.2) is 0 Å². The lowest BCUT2D eigenvalue weighted by atomic mass is 9.87. The Kier molecular flexibility index (Phi) is 3.58. The molecule has 0 aromatic carbocycles. The van der Waals surface area contributed by atoms with Crippen LogP contribution in [-0.2, 0) is 6.54 Å². The van der Waals surface area contributed by atoms with E-state index in [1.54, 1.807) is 0 Å². The minimum Gasteiger partial charge on any atom is -0.354 e. The van der Waals surface area contributed by atoms with Crippen molar-refractivity contribution in [2.45, 2.75) is 46.6 Å². The Morgan fingerprint density at radius 1 is 1.15 bits per heavy atom. The molecule has 0 amide bonds. The third-order valence-corrected chi connectivity index (χ3v) is 2.48. The lowest BCUT2D eigenvalue weighted by Gasteiger charge is -2.25. The molecule has 0 unspecified atom stereocenters. The van der Waals surface area contributed by atoms with Crippen LogP contribution in [0.4, 0.5) is 0 Å². The predicted molar refractivity (Wildman–Crippen MR) is 57.7 cm³/mol. The molecule has 0 aliphatic rings. The van der Waals surface area contributed by atoms with Crippen molar-refractivity contribution in [1.82, 2.24) is 4.57 Å². The highest BCUT2D eigenvalue weighted by molar-refractivity contribution is 4.91. The first-order valence-electron chi connectivity index (χ1n) is 5.25. The van der Waals surface area contributed by atoms with Crippen LogP contribution >= 0.6 is 0 Å². The summed E-state index contributed by atoms with van der Waals surface area (Å²) < 4.78 is 2.27. The largest absolute Gasteiger partial charge is 0.354 e. The van der Waals surface area contributed by atoms with Crippen molar-refractivity contribution in [3.63, 3.8) is 0 Å². The summed E-state index contributed by atoms with van der Waals surface area (Å²) in [6, 6.07) is 4.19. The van der Waals surface area contributed by atoms with E-state index in [4.69, 9.17) is 0 Å². The summed E-state index contributed by atoms with van der Waals surface area (Å²) in [6.45, 7) is 8.09. The molecule has 1 rings (SSSR count). The molecule has 0 radical (unpaired) electrons. The summed E-state index contributed by atoms with van der Waals surface area (Å²) >= 11 is 0. The van der Waals surface area contributed by atoms with E-state index >= 15 is 0 Å². The summed E-state index contributed by atoms with van der Waals surface area (Å²) in [7, 11) is 0. The number of hydrogen-bond acceptors (Lipinski definition) is 0. The van der Waals surface area contributed by atoms with Crippen molar-refractivity contribution >= 4 is 0 Å². The number of hydrogen-bond donors (Lipinski definition) is 0. The number of aromatic nitrogens is 1. The van der Waals surface area contributed by atoms with Crippen LogP contribution in [0.15, 0.2) is 24.5 Å². The molecule has 1 aromatic rings. The number of rotatable bonds is 5. The van der Waals surface area contributed by atoms with Crippen LogP contribution in [0.5, 0.6) is 0 Å². The second-order valence-corrected chi connectivity index (χ2v) is 4.62. The minimum absolute atomic E-state index is 0.440. The molecule has 0 saturated heterocycles. The fourth-order valence-corrected chi connectivity index (χ4v) is 1.70. The molecule has 0 aliphatic heterocycles. The number of nitrogens with zero attached hydrogens (tertiary/aromatic N) is 1. The average molecular weight is 179 g/mol. The fraction of sp³-hybridized carbons (Fsp3) is 0.667. The van der Waals surface area contributed by atoms with E-state index in [1.165, 1.54) is 19.3 Å². The third kappa shape index (κ3) is 3.67. The Balaban J connectivity index is 2.42. The molecule has 0 bridgehead atoms. The van der Waals surface area contributed by atoms with Crippen LogP contribution in [0.25, 0.3) is 0 Å². The second-order valence-electron chi connectivity index (χ2n) is 4.62. The predicted octanol–water partition coefficient (Wildman–Crippen LogP) is 3.70. The van der Waals surface area contributed by atoms with Gasteiger partial charge < -0.3 is 4.57 Å². The first-order chi connectivity index (χ1) is 6.14. The summed E-state index contributed by atoms with van der Waals surface area (Å²) in [4.78, 5) is 0. The van der Waals surface area contributed by atoms with E-state index in [2.05, 4.69) is 49.9 Å². The zero-order valence-corrected chi connectivity index (χ0v) is 9.09. The zero-order chi connectivity index (χ0) is 9.73. The fourth-order valence-electron chi connectivity index (χ4n) is 1.70. The highest BCUT2D eigenvalue weighted by Crippen LogP contribution is 2.25. The topological polar surface area (TPSA) is 4.93 Å². The molecule has 1 heterocycles. The van der Waals surface area contributed by atoms with Crippen molar-refractivity contribution in [1.29, 1.82) is 0 Å². The van der Waals surface area contributed by atoms with Gasteiger partial charge in [0.1, 0.15) is 0 Å². The zero-order valence-electron chi connectivity index (χ0n) is 9.09. The summed E-state index contributed by atoms with van der Waals surface area (Å²) in [5.41, 5.74) is 0.440. The van der Waals surface area contributed by atoms with E-state index in [0.29, 0.717) is 5.41 Å². The molecule has 0 aliphatic carbocycles. The van der Waals surface area contributed by atoms with Gasteiger partial charge in [0.25, 0.3) is 0 Å². The van der Waals surface area contributed by atoms with Crippen molar-refractivity contribution < 1.29 is 0 Å². The SMILES string of the molecule is CCCCC(C)(C)Cn1cccc1. The van der Waals surface area contributed by atoms with Gasteiger partial charge >= 0.3 is 0 Å². The highest BCUT2D eigenvalue weighted by atomic mass is 14.9. The van der Waals surface area contributed by atoms with Crippen LogP contribution in [0.3, 0.4) is 0 Å². The Morgan fingerprint density at radius 2 is 1.77 bits per heavy atom. The van der Waals surface area contributed by atoms with E-state index in [1.807, 2.05) is 0 Å². The molecule has 74 valence electrons. The standard InChI is InChI=1S/C12H21N/c1-4-5-8-12(2,3)11-13-9-6-7-10-13/h6-7,9-10H,4-5,8,11H2,1-3H3. The molecule has 13 heavy (non-hydrogen) atoms. The molecule has 1 nitrogen and oxygen atoms in total. The highest BCUT2D eigenvalue weighted by Gasteiger charge is 2.16. The van der Waals surface area contributed by atoms with Gasteiger partial charge in [0, 0.05) is 18.9 Å². The van der Waals surface area contributed by atoms with Crippen LogP contribution < -0.4 is 0 Å². The van der Waals surface area contributed by atoms with Crippen molar-refractivity contribution in [3.8, 4) is 0 Å². The normalized spacial score (nSPS) is 11.9. The Bertz CT molecular complexity index is 221. The van der Waals surface area contributed by atoms with E-state index in [9.17, 15) is 0 Å². The van der Waals surface area contributed by atoms with E-state index in [-0.39, 0.29) is 0 Å². The maximum Gasteiger partial charge on any atom is 0.0270 e. The van der Waals surface area contributed by atoms with Gasteiger partial charge in [-0.25, -0.2) is 0 Å². The lowest BCUT2D eigenvalue weighted by Crippen LogP contribution is -2.18. The summed E-state index contributed by atoms with van der Waals surface area (Å²) in [5.74, 6) is 0. The van der Waals surface area contributed by atoms with Crippen LogP contribution in [-0.4, -0.2) is 4.57 Å². The van der Waals surface area contributed by atoms with Gasteiger partial charge in [-0.1, -0.05) is 33.6 Å². The lowest BCUT2D eigenvalue weighted by molar-refractivity contribution is 0.274. The molecule has 1 heteroatoms. The van der Waals surface area contributed by atoms with Gasteiger partial charge in [0.05, 0.1) is 0 Å². The van der Waals surface area contributed by atoms with Crippen LogP contribution in [0.1, 0.15) is 40.0 Å². The van der Waals surface area contributed by atoms with Gasteiger partial charge in [-0.05, 0) is 24.0 Å². The van der Waals surface area contributed by atoms with Crippen LogP contribution in [0.2, 0.25) is 0 Å². The van der Waals surface area contributed by atoms with E-state index in [0.717, 1.165) is 6.54 Å². The second kappa shape index (κ2) is 4.50. The first-order valence-corrected chi connectivity index (χ1v) is 5.25. The smallest absolute Gasteiger partial charge is 0.0270 e. The van der Waals surface area contributed by atoms with Gasteiger partial charge in [-0.3, -0.25) is 0 Å². The molecular weight excluding hydrogens is 158 g/mol. The van der Waals surface area contributed by atoms with Gasteiger partial charge in [-0.2, -0.15) is 0 Å². The quantitative estimate of drug-likeness (QED) is 0.649. The first kappa shape index (κ1) is 10.4.